The van der Waals surface area contributed by atoms with E-state index in [1.165, 1.54) is 38.6 Å². The van der Waals surface area contributed by atoms with Crippen LogP contribution in [0, 0.1) is 44.8 Å². The smallest absolute Gasteiger partial charge is 0.0161 e. The molecule has 30 heavy (non-hydrogen) atoms. The first-order valence-electron chi connectivity index (χ1n) is 13.0. The van der Waals surface area contributed by atoms with Gasteiger partial charge >= 0.3 is 0 Å². The van der Waals surface area contributed by atoms with Crippen LogP contribution in [0.2, 0.25) is 0 Å². The van der Waals surface area contributed by atoms with Gasteiger partial charge in [-0.25, -0.2) is 0 Å². The molecule has 0 radical (unpaired) electrons. The van der Waals surface area contributed by atoms with Gasteiger partial charge in [0.1, 0.15) is 0 Å². The van der Waals surface area contributed by atoms with Crippen LogP contribution in [0.4, 0.5) is 0 Å². The van der Waals surface area contributed by atoms with Gasteiger partial charge in [0.2, 0.25) is 0 Å². The van der Waals surface area contributed by atoms with Crippen molar-refractivity contribution in [3.8, 4) is 0 Å². The van der Waals surface area contributed by atoms with Crippen molar-refractivity contribution in [2.75, 3.05) is 13.6 Å². The second-order valence-corrected chi connectivity index (χ2v) is 15.4. The number of nitrogens with one attached hydrogen (secondary N) is 1. The summed E-state index contributed by atoms with van der Waals surface area (Å²) in [5, 5.41) is 4.17. The van der Waals surface area contributed by atoms with Crippen LogP contribution in [0.3, 0.4) is 0 Å². The van der Waals surface area contributed by atoms with E-state index in [2.05, 4.69) is 86.5 Å². The zero-order valence-electron chi connectivity index (χ0n) is 22.2. The molecule has 2 saturated carbocycles. The number of hydrogen-bond donors (Lipinski definition) is 1. The van der Waals surface area contributed by atoms with E-state index in [0.717, 1.165) is 17.8 Å². The van der Waals surface area contributed by atoms with E-state index in [9.17, 15) is 0 Å². The van der Waals surface area contributed by atoms with Crippen LogP contribution in [-0.4, -0.2) is 36.6 Å². The predicted octanol–water partition coefficient (Wildman–Crippen LogP) is 6.60. The third kappa shape index (κ3) is 3.25. The number of piperidine rings is 1. The quantitative estimate of drug-likeness (QED) is 0.557. The van der Waals surface area contributed by atoms with Gasteiger partial charge in [-0.1, -0.05) is 69.2 Å². The van der Waals surface area contributed by atoms with Gasteiger partial charge < -0.3 is 5.32 Å². The highest BCUT2D eigenvalue weighted by Gasteiger charge is 2.72. The molecule has 0 aromatic carbocycles. The number of likely N-dealkylation sites (tertiary alicyclic amines) is 1. The van der Waals surface area contributed by atoms with E-state index in [1.54, 1.807) is 0 Å². The lowest BCUT2D eigenvalue weighted by molar-refractivity contribution is -0.0893. The van der Waals surface area contributed by atoms with Gasteiger partial charge in [-0.05, 0) is 90.5 Å². The van der Waals surface area contributed by atoms with E-state index < -0.39 is 0 Å². The summed E-state index contributed by atoms with van der Waals surface area (Å²) in [7, 11) is 2.50. The minimum absolute atomic E-state index is 0.370. The summed E-state index contributed by atoms with van der Waals surface area (Å²) in [6, 6.07) is 2.09. The third-order valence-electron chi connectivity index (χ3n) is 10.8. The highest BCUT2D eigenvalue weighted by atomic mass is 15.2. The highest BCUT2D eigenvalue weighted by Crippen LogP contribution is 2.71. The molecule has 2 heteroatoms. The maximum atomic E-state index is 4.17. The van der Waals surface area contributed by atoms with Crippen molar-refractivity contribution in [2.24, 2.45) is 44.8 Å². The van der Waals surface area contributed by atoms with E-state index in [1.807, 2.05) is 0 Å². The van der Waals surface area contributed by atoms with Crippen molar-refractivity contribution in [3.05, 3.63) is 0 Å². The molecule has 4 fully saturated rings. The Morgan fingerprint density at radius 2 is 1.40 bits per heavy atom. The van der Waals surface area contributed by atoms with Gasteiger partial charge in [0.15, 0.2) is 0 Å². The van der Waals surface area contributed by atoms with Crippen LogP contribution >= 0.6 is 0 Å². The Labute approximate surface area is 188 Å². The number of hydrogen-bond acceptors (Lipinski definition) is 2. The van der Waals surface area contributed by atoms with Crippen LogP contribution in [0.25, 0.3) is 0 Å². The van der Waals surface area contributed by atoms with Crippen molar-refractivity contribution in [1.82, 2.24) is 10.2 Å². The lowest BCUT2D eigenvalue weighted by Gasteiger charge is -2.59. The van der Waals surface area contributed by atoms with Crippen molar-refractivity contribution in [2.45, 2.75) is 119 Å². The molecule has 174 valence electrons. The fourth-order valence-corrected chi connectivity index (χ4v) is 9.05. The molecule has 2 aliphatic carbocycles. The van der Waals surface area contributed by atoms with Crippen molar-refractivity contribution in [1.29, 1.82) is 0 Å². The molecule has 0 aromatic rings. The molecule has 4 rings (SSSR count). The second-order valence-electron chi connectivity index (χ2n) is 15.4. The zero-order valence-corrected chi connectivity index (χ0v) is 22.2. The summed E-state index contributed by atoms with van der Waals surface area (Å²) in [5.74, 6) is 2.53. The molecule has 1 N–H and O–H groups in total. The van der Waals surface area contributed by atoms with Crippen LogP contribution in [-0.2, 0) is 0 Å². The van der Waals surface area contributed by atoms with Gasteiger partial charge in [-0.15, -0.1) is 0 Å². The topological polar surface area (TPSA) is 15.3 Å². The Bertz CT molecular complexity index is 671. The molecule has 2 heterocycles. The largest absolute Gasteiger partial charge is 0.313 e. The average molecular weight is 417 g/mol. The first kappa shape index (κ1) is 23.1. The van der Waals surface area contributed by atoms with Crippen LogP contribution in [0.15, 0.2) is 0 Å². The van der Waals surface area contributed by atoms with E-state index >= 15 is 0 Å². The monoisotopic (exact) mass is 416 g/mol. The van der Waals surface area contributed by atoms with Crippen LogP contribution in [0.5, 0.6) is 0 Å². The summed E-state index contributed by atoms with van der Waals surface area (Å²) < 4.78 is 0. The second kappa shape index (κ2) is 6.72. The molecule has 2 aliphatic heterocycles. The van der Waals surface area contributed by atoms with Gasteiger partial charge in [0, 0.05) is 18.1 Å². The maximum Gasteiger partial charge on any atom is 0.0161 e. The summed E-state index contributed by atoms with van der Waals surface area (Å²) >= 11 is 0. The third-order valence-corrected chi connectivity index (χ3v) is 10.8. The highest BCUT2D eigenvalue weighted by molar-refractivity contribution is 5.24. The first-order chi connectivity index (χ1) is 13.5. The average Bonchev–Trinajstić information content (AvgIpc) is 3.12. The van der Waals surface area contributed by atoms with Gasteiger partial charge in [0.25, 0.3) is 0 Å². The summed E-state index contributed by atoms with van der Waals surface area (Å²) in [5.41, 5.74) is 2.10. The molecule has 0 spiro atoms. The molecule has 9 unspecified atom stereocenters. The number of nitrogens with zero attached hydrogens (tertiary/aromatic N) is 1. The van der Waals surface area contributed by atoms with Crippen molar-refractivity contribution in [3.63, 3.8) is 0 Å². The first-order valence-corrected chi connectivity index (χ1v) is 13.0. The van der Waals surface area contributed by atoms with Crippen LogP contribution in [0.1, 0.15) is 101 Å². The zero-order chi connectivity index (χ0) is 22.5. The SMILES string of the molecule is CC1CCC1(C)C1NCC2C1C1(C)CC2(C)C(CC(C)(C)C)N(C)C1CC(C)(C)C. The fourth-order valence-electron chi connectivity index (χ4n) is 9.05. The lowest BCUT2D eigenvalue weighted by Crippen LogP contribution is -2.63. The lowest BCUT2D eigenvalue weighted by atomic mass is 9.52. The van der Waals surface area contributed by atoms with Crippen molar-refractivity contribution < 1.29 is 0 Å². The predicted molar refractivity (Wildman–Crippen MR) is 130 cm³/mol. The summed E-state index contributed by atoms with van der Waals surface area (Å²) in [6.45, 7) is 26.5. The van der Waals surface area contributed by atoms with E-state index in [4.69, 9.17) is 0 Å². The molecule has 2 bridgehead atoms. The fraction of sp³-hybridized carbons (Fsp3) is 1.00. The molecule has 9 atom stereocenters. The summed E-state index contributed by atoms with van der Waals surface area (Å²) in [4.78, 5) is 2.90. The molecule has 4 aliphatic rings. The number of fused-ring (bicyclic) bond motifs is 5. The van der Waals surface area contributed by atoms with Gasteiger partial charge in [-0.3, -0.25) is 4.90 Å². The molecule has 0 amide bonds. The summed E-state index contributed by atoms with van der Waals surface area (Å²) in [6.07, 6.45) is 6.92. The van der Waals surface area contributed by atoms with Gasteiger partial charge in [-0.2, -0.15) is 0 Å². The van der Waals surface area contributed by atoms with E-state index in [-0.39, 0.29) is 0 Å². The number of rotatable bonds is 3. The molecular formula is C28H52N2. The van der Waals surface area contributed by atoms with Gasteiger partial charge in [0.05, 0.1) is 0 Å². The Balaban J connectivity index is 1.79. The Hall–Kier alpha value is -0.0800. The minimum Gasteiger partial charge on any atom is -0.313 e. The Morgan fingerprint density at radius 1 is 0.867 bits per heavy atom. The maximum absolute atomic E-state index is 4.17. The van der Waals surface area contributed by atoms with Crippen LogP contribution < -0.4 is 5.32 Å². The Morgan fingerprint density at radius 3 is 1.83 bits per heavy atom. The molecular weight excluding hydrogens is 364 g/mol. The Kier molecular flexibility index (Phi) is 5.17. The minimum atomic E-state index is 0.370. The molecule has 0 aromatic heterocycles. The molecule has 2 saturated heterocycles. The standard InChI is InChI=1S/C28H52N2/c1-18-12-13-26(18,8)23-22-19(16-29-23)27(9)17-28(22,10)21(15-25(5,6)7)30(11)20(27)14-24(2,3)4/h18-23,29H,12-17H2,1-11H3. The normalized spacial score (nSPS) is 51.7. The van der Waals surface area contributed by atoms with E-state index in [0.29, 0.717) is 45.2 Å². The van der Waals surface area contributed by atoms with Crippen molar-refractivity contribution >= 4 is 0 Å². The molecule has 2 nitrogen and oxygen atoms in total.